The summed E-state index contributed by atoms with van der Waals surface area (Å²) in [6, 6.07) is 6.67. The molecule has 154 valence electrons. The number of benzene rings is 2. The maximum Gasteiger partial charge on any atom is 0.416 e. The predicted octanol–water partition coefficient (Wildman–Crippen LogP) is 4.37. The quantitative estimate of drug-likeness (QED) is 0.623. The first-order valence-electron chi connectivity index (χ1n) is 8.21. The number of hydrogen-bond acceptors (Lipinski definition) is 5. The fraction of sp³-hybridized carbons (Fsp3) is 0.211. The van der Waals surface area contributed by atoms with E-state index in [2.05, 4.69) is 5.16 Å². The molecule has 0 fully saturated rings. The van der Waals surface area contributed by atoms with Crippen LogP contribution in [-0.2, 0) is 22.6 Å². The molecule has 0 aliphatic carbocycles. The summed E-state index contributed by atoms with van der Waals surface area (Å²) in [6.07, 6.45) is -3.66. The van der Waals surface area contributed by atoms with Gasteiger partial charge in [-0.15, -0.1) is 0 Å². The highest BCUT2D eigenvalue weighted by Gasteiger charge is 2.32. The Morgan fingerprint density at radius 3 is 2.28 bits per heavy atom. The van der Waals surface area contributed by atoms with Gasteiger partial charge < -0.3 is 9.63 Å². The van der Waals surface area contributed by atoms with Crippen LogP contribution in [0.25, 0.3) is 22.4 Å². The maximum atomic E-state index is 14.3. The zero-order chi connectivity index (χ0) is 21.6. The molecule has 0 unspecified atom stereocenters. The van der Waals surface area contributed by atoms with Crippen molar-refractivity contribution in [2.45, 2.75) is 24.6 Å². The lowest BCUT2D eigenvalue weighted by Crippen LogP contribution is -2.07. The molecule has 10 heteroatoms. The lowest BCUT2D eigenvalue weighted by Gasteiger charge is -2.12. The first kappa shape index (κ1) is 21.0. The van der Waals surface area contributed by atoms with E-state index in [4.69, 9.17) is 4.52 Å². The largest absolute Gasteiger partial charge is 0.416 e. The van der Waals surface area contributed by atoms with E-state index in [1.165, 1.54) is 25.1 Å². The summed E-state index contributed by atoms with van der Waals surface area (Å²) in [6.45, 7) is 0.691. The molecule has 5 nitrogen and oxygen atoms in total. The Bertz CT molecular complexity index is 1180. The fourth-order valence-electron chi connectivity index (χ4n) is 3.01. The molecular formula is C19H15F4NO4S. The van der Waals surface area contributed by atoms with Crippen molar-refractivity contribution < 1.29 is 35.6 Å². The summed E-state index contributed by atoms with van der Waals surface area (Å²) in [5.74, 6) is -1.05. The van der Waals surface area contributed by atoms with Crippen LogP contribution in [0.5, 0.6) is 0 Å². The molecule has 2 aromatic carbocycles. The standard InChI is InChI=1S/C19H15F4NO4S/c1-10-7-12(3-5-13(10)19(21,22)23)18-17(15(9-25)28-24-18)11-4-6-16(14(20)8-11)29(2,26)27/h3-8,25H,9H2,1-2H3. The molecule has 0 aliphatic rings. The summed E-state index contributed by atoms with van der Waals surface area (Å²) in [7, 11) is -3.79. The first-order chi connectivity index (χ1) is 13.4. The smallest absolute Gasteiger partial charge is 0.388 e. The topological polar surface area (TPSA) is 80.4 Å². The van der Waals surface area contributed by atoms with Crippen LogP contribution in [0.3, 0.4) is 0 Å². The van der Waals surface area contributed by atoms with E-state index < -0.39 is 38.9 Å². The van der Waals surface area contributed by atoms with Crippen LogP contribution in [0.4, 0.5) is 17.6 Å². The van der Waals surface area contributed by atoms with Gasteiger partial charge in [0.2, 0.25) is 0 Å². The fourth-order valence-corrected chi connectivity index (χ4v) is 3.74. The normalized spacial score (nSPS) is 12.4. The van der Waals surface area contributed by atoms with Gasteiger partial charge in [0.15, 0.2) is 15.6 Å². The van der Waals surface area contributed by atoms with Crippen LogP contribution in [0.1, 0.15) is 16.9 Å². The second-order valence-electron chi connectivity index (χ2n) is 6.43. The summed E-state index contributed by atoms with van der Waals surface area (Å²) in [5.41, 5.74) is -0.178. The molecule has 29 heavy (non-hydrogen) atoms. The molecule has 0 bridgehead atoms. The van der Waals surface area contributed by atoms with Crippen molar-refractivity contribution in [3.8, 4) is 22.4 Å². The van der Waals surface area contributed by atoms with Crippen LogP contribution in [0.2, 0.25) is 0 Å². The summed E-state index contributed by atoms with van der Waals surface area (Å²) in [4.78, 5) is -0.504. The highest BCUT2D eigenvalue weighted by Crippen LogP contribution is 2.38. The second-order valence-corrected chi connectivity index (χ2v) is 8.42. The average Bonchev–Trinajstić information content (AvgIpc) is 3.03. The van der Waals surface area contributed by atoms with Crippen molar-refractivity contribution in [2.24, 2.45) is 0 Å². The molecule has 1 heterocycles. The van der Waals surface area contributed by atoms with Crippen LogP contribution >= 0.6 is 0 Å². The number of sulfone groups is 1. The van der Waals surface area contributed by atoms with E-state index in [0.29, 0.717) is 0 Å². The SMILES string of the molecule is Cc1cc(-c2noc(CO)c2-c2ccc(S(C)(=O)=O)c(F)c2)ccc1C(F)(F)F. The van der Waals surface area contributed by atoms with Crippen LogP contribution in [-0.4, -0.2) is 24.9 Å². The van der Waals surface area contributed by atoms with Gasteiger partial charge in [-0.3, -0.25) is 0 Å². The zero-order valence-corrected chi connectivity index (χ0v) is 16.0. The Kier molecular flexibility index (Phi) is 5.26. The molecule has 0 saturated carbocycles. The summed E-state index contributed by atoms with van der Waals surface area (Å²) >= 11 is 0. The van der Waals surface area contributed by atoms with Crippen molar-refractivity contribution in [3.05, 3.63) is 59.1 Å². The van der Waals surface area contributed by atoms with Crippen molar-refractivity contribution in [3.63, 3.8) is 0 Å². The van der Waals surface area contributed by atoms with Gasteiger partial charge >= 0.3 is 6.18 Å². The molecule has 0 atom stereocenters. The van der Waals surface area contributed by atoms with Gasteiger partial charge in [0, 0.05) is 11.8 Å². The number of alkyl halides is 3. The van der Waals surface area contributed by atoms with Gasteiger partial charge in [0.05, 0.1) is 11.1 Å². The number of aryl methyl sites for hydroxylation is 1. The van der Waals surface area contributed by atoms with Crippen LogP contribution < -0.4 is 0 Å². The van der Waals surface area contributed by atoms with Crippen LogP contribution in [0, 0.1) is 12.7 Å². The van der Waals surface area contributed by atoms with E-state index in [1.54, 1.807) is 0 Å². The minimum absolute atomic E-state index is 0.0379. The highest BCUT2D eigenvalue weighted by molar-refractivity contribution is 7.90. The average molecular weight is 429 g/mol. The molecular weight excluding hydrogens is 414 g/mol. The van der Waals surface area contributed by atoms with Gasteiger partial charge in [-0.05, 0) is 42.3 Å². The Balaban J connectivity index is 2.17. The zero-order valence-electron chi connectivity index (χ0n) is 15.2. The van der Waals surface area contributed by atoms with Gasteiger partial charge in [0.25, 0.3) is 0 Å². The first-order valence-corrected chi connectivity index (χ1v) is 10.1. The Hall–Kier alpha value is -2.72. The summed E-state index contributed by atoms with van der Waals surface area (Å²) in [5, 5.41) is 13.3. The second kappa shape index (κ2) is 7.27. The van der Waals surface area contributed by atoms with Crippen molar-refractivity contribution in [1.29, 1.82) is 0 Å². The molecule has 0 amide bonds. The van der Waals surface area contributed by atoms with Crippen molar-refractivity contribution in [2.75, 3.05) is 6.26 Å². The third kappa shape index (κ3) is 4.03. The lowest BCUT2D eigenvalue weighted by atomic mass is 9.96. The van der Waals surface area contributed by atoms with Crippen molar-refractivity contribution >= 4 is 9.84 Å². The minimum atomic E-state index is -4.52. The molecule has 0 aliphatic heterocycles. The minimum Gasteiger partial charge on any atom is -0.388 e. The van der Waals surface area contributed by atoms with E-state index >= 15 is 0 Å². The maximum absolute atomic E-state index is 14.3. The highest BCUT2D eigenvalue weighted by atomic mass is 32.2. The third-order valence-electron chi connectivity index (χ3n) is 4.33. The number of halogens is 4. The predicted molar refractivity (Wildman–Crippen MR) is 96.1 cm³/mol. The number of aliphatic hydroxyl groups is 1. The Morgan fingerprint density at radius 2 is 1.76 bits per heavy atom. The van der Waals surface area contributed by atoms with E-state index in [9.17, 15) is 31.1 Å². The third-order valence-corrected chi connectivity index (χ3v) is 5.46. The number of aromatic nitrogens is 1. The van der Waals surface area contributed by atoms with E-state index in [0.717, 1.165) is 24.5 Å². The number of hydrogen-bond donors (Lipinski definition) is 1. The van der Waals surface area contributed by atoms with Crippen molar-refractivity contribution in [1.82, 2.24) is 5.16 Å². The van der Waals surface area contributed by atoms with Gasteiger partial charge in [-0.25, -0.2) is 12.8 Å². The molecule has 3 rings (SSSR count). The monoisotopic (exact) mass is 429 g/mol. The van der Waals surface area contributed by atoms with Crippen LogP contribution in [0.15, 0.2) is 45.8 Å². The van der Waals surface area contributed by atoms with Gasteiger partial charge in [-0.2, -0.15) is 13.2 Å². The number of aliphatic hydroxyl groups excluding tert-OH is 1. The van der Waals surface area contributed by atoms with Gasteiger partial charge in [-0.1, -0.05) is 17.3 Å². The summed E-state index contributed by atoms with van der Waals surface area (Å²) < 4.78 is 81.6. The molecule has 3 aromatic rings. The lowest BCUT2D eigenvalue weighted by molar-refractivity contribution is -0.138. The molecule has 0 saturated heterocycles. The van der Waals surface area contributed by atoms with Gasteiger partial charge in [0.1, 0.15) is 23.0 Å². The molecule has 0 radical (unpaired) electrons. The number of rotatable bonds is 4. The Morgan fingerprint density at radius 1 is 1.10 bits per heavy atom. The molecule has 0 spiro atoms. The Labute approximate surface area is 163 Å². The number of nitrogens with zero attached hydrogens (tertiary/aromatic N) is 1. The van der Waals surface area contributed by atoms with E-state index in [-0.39, 0.29) is 33.7 Å². The molecule has 1 aromatic heterocycles. The molecule has 1 N–H and O–H groups in total. The van der Waals surface area contributed by atoms with E-state index in [1.807, 2.05) is 0 Å².